The lowest BCUT2D eigenvalue weighted by molar-refractivity contribution is -0.138. The Hall–Kier alpha value is -2.86. The SMILES string of the molecule is N#Cc1cccc(C=NN=C2NC(=O)C(CC(=O)O)S2)c1O. The van der Waals surface area contributed by atoms with Crippen LogP contribution in [0.2, 0.25) is 0 Å². The molecule has 1 aliphatic rings. The van der Waals surface area contributed by atoms with Gasteiger partial charge in [0.05, 0.1) is 18.2 Å². The molecular weight excluding hydrogens is 308 g/mol. The van der Waals surface area contributed by atoms with Crippen LogP contribution in [0.3, 0.4) is 0 Å². The average molecular weight is 318 g/mol. The van der Waals surface area contributed by atoms with Crippen molar-refractivity contribution < 1.29 is 19.8 Å². The van der Waals surface area contributed by atoms with Gasteiger partial charge in [0.25, 0.3) is 0 Å². The number of aromatic hydroxyl groups is 1. The van der Waals surface area contributed by atoms with E-state index in [1.165, 1.54) is 12.3 Å². The fourth-order valence-electron chi connectivity index (χ4n) is 1.64. The lowest BCUT2D eigenvalue weighted by atomic mass is 10.1. The number of benzene rings is 1. The van der Waals surface area contributed by atoms with Crippen molar-refractivity contribution in [1.82, 2.24) is 5.32 Å². The predicted molar refractivity (Wildman–Crippen MR) is 79.6 cm³/mol. The molecule has 0 saturated carbocycles. The summed E-state index contributed by atoms with van der Waals surface area (Å²) in [5.41, 5.74) is 0.418. The Balaban J connectivity index is 2.08. The number of carboxylic acids is 1. The number of carbonyl (C=O) groups excluding carboxylic acids is 1. The summed E-state index contributed by atoms with van der Waals surface area (Å²) >= 11 is 0.974. The number of rotatable bonds is 4. The molecule has 1 aliphatic heterocycles. The fourth-order valence-corrected chi connectivity index (χ4v) is 2.56. The molecular formula is C13H10N4O4S. The third-order valence-corrected chi connectivity index (χ3v) is 3.74. The van der Waals surface area contributed by atoms with Crippen LogP contribution >= 0.6 is 11.8 Å². The molecule has 9 heteroatoms. The minimum absolute atomic E-state index is 0.113. The number of aliphatic carboxylic acids is 1. The number of nitrogens with one attached hydrogen (secondary N) is 1. The van der Waals surface area contributed by atoms with Crippen LogP contribution in [0.4, 0.5) is 0 Å². The molecule has 1 aromatic carbocycles. The summed E-state index contributed by atoms with van der Waals surface area (Å²) < 4.78 is 0. The maximum absolute atomic E-state index is 11.5. The standard InChI is InChI=1S/C13H10N4O4S/c14-5-7-2-1-3-8(11(7)20)6-15-17-13-16-12(21)9(22-13)4-10(18)19/h1-3,6,9,20H,4H2,(H,18,19)(H,16,17,21). The van der Waals surface area contributed by atoms with Gasteiger partial charge in [-0.15, -0.1) is 5.10 Å². The Morgan fingerprint density at radius 2 is 2.32 bits per heavy atom. The molecule has 1 unspecified atom stereocenters. The zero-order chi connectivity index (χ0) is 16.1. The number of amidine groups is 1. The van der Waals surface area contributed by atoms with Crippen molar-refractivity contribution in [2.75, 3.05) is 0 Å². The Labute approximate surface area is 129 Å². The van der Waals surface area contributed by atoms with Gasteiger partial charge in [-0.05, 0) is 12.1 Å². The van der Waals surface area contributed by atoms with E-state index in [4.69, 9.17) is 10.4 Å². The number of para-hydroxylation sites is 1. The lowest BCUT2D eigenvalue weighted by Gasteiger charge is -1.99. The smallest absolute Gasteiger partial charge is 0.305 e. The van der Waals surface area contributed by atoms with Crippen LogP contribution in [0.1, 0.15) is 17.5 Å². The Kier molecular flexibility index (Phi) is 4.75. The molecule has 0 bridgehead atoms. The van der Waals surface area contributed by atoms with Gasteiger partial charge in [-0.2, -0.15) is 10.4 Å². The number of nitrogens with zero attached hydrogens (tertiary/aromatic N) is 3. The third-order valence-electron chi connectivity index (χ3n) is 2.67. The summed E-state index contributed by atoms with van der Waals surface area (Å²) in [4.78, 5) is 22.1. The number of thioether (sulfide) groups is 1. The van der Waals surface area contributed by atoms with E-state index >= 15 is 0 Å². The van der Waals surface area contributed by atoms with Gasteiger partial charge in [-0.25, -0.2) is 0 Å². The number of phenols is 1. The highest BCUT2D eigenvalue weighted by Crippen LogP contribution is 2.23. The van der Waals surface area contributed by atoms with Crippen LogP contribution < -0.4 is 5.32 Å². The van der Waals surface area contributed by atoms with Crippen molar-refractivity contribution in [1.29, 1.82) is 5.26 Å². The molecule has 3 N–H and O–H groups in total. The number of carbonyl (C=O) groups is 2. The fraction of sp³-hybridized carbons (Fsp3) is 0.154. The van der Waals surface area contributed by atoms with Gasteiger partial charge in [0.2, 0.25) is 5.91 Å². The highest BCUT2D eigenvalue weighted by Gasteiger charge is 2.32. The molecule has 1 atom stereocenters. The van der Waals surface area contributed by atoms with Gasteiger partial charge in [0.15, 0.2) is 5.17 Å². The normalized spacial score (nSPS) is 19.3. The van der Waals surface area contributed by atoms with E-state index in [9.17, 15) is 14.7 Å². The molecule has 112 valence electrons. The van der Waals surface area contributed by atoms with E-state index in [0.29, 0.717) is 5.56 Å². The van der Waals surface area contributed by atoms with Crippen molar-refractivity contribution in [3.63, 3.8) is 0 Å². The minimum Gasteiger partial charge on any atom is -0.506 e. The third kappa shape index (κ3) is 3.62. The Morgan fingerprint density at radius 1 is 1.55 bits per heavy atom. The molecule has 0 aliphatic carbocycles. The number of nitriles is 1. The van der Waals surface area contributed by atoms with Gasteiger partial charge >= 0.3 is 5.97 Å². The highest BCUT2D eigenvalue weighted by molar-refractivity contribution is 8.15. The number of amides is 1. The molecule has 1 saturated heterocycles. The van der Waals surface area contributed by atoms with Gasteiger partial charge < -0.3 is 15.5 Å². The minimum atomic E-state index is -1.07. The van der Waals surface area contributed by atoms with Crippen molar-refractivity contribution in [2.24, 2.45) is 10.2 Å². The first-order valence-electron chi connectivity index (χ1n) is 6.03. The molecule has 0 spiro atoms. The molecule has 1 heterocycles. The molecule has 1 amide bonds. The zero-order valence-electron chi connectivity index (χ0n) is 11.1. The van der Waals surface area contributed by atoms with Crippen molar-refractivity contribution >= 4 is 35.0 Å². The van der Waals surface area contributed by atoms with Crippen molar-refractivity contribution in [3.05, 3.63) is 29.3 Å². The molecule has 0 radical (unpaired) electrons. The maximum atomic E-state index is 11.5. The van der Waals surface area contributed by atoms with Crippen LogP contribution in [-0.2, 0) is 9.59 Å². The maximum Gasteiger partial charge on any atom is 0.305 e. The van der Waals surface area contributed by atoms with E-state index in [0.717, 1.165) is 11.8 Å². The van der Waals surface area contributed by atoms with Crippen LogP contribution in [-0.4, -0.2) is 38.7 Å². The second-order valence-electron chi connectivity index (χ2n) is 4.20. The number of phenolic OH excluding ortho intramolecular Hbond substituents is 1. The van der Waals surface area contributed by atoms with E-state index in [1.54, 1.807) is 12.1 Å². The van der Waals surface area contributed by atoms with E-state index in [1.807, 2.05) is 6.07 Å². The van der Waals surface area contributed by atoms with Gasteiger partial charge in [-0.1, -0.05) is 17.8 Å². The topological polar surface area (TPSA) is 135 Å². The quantitative estimate of drug-likeness (QED) is 0.551. The van der Waals surface area contributed by atoms with Crippen LogP contribution in [0.15, 0.2) is 28.4 Å². The predicted octanol–water partition coefficient (Wildman–Crippen LogP) is 0.660. The number of hydrogen-bond donors (Lipinski definition) is 3. The van der Waals surface area contributed by atoms with E-state index in [-0.39, 0.29) is 22.9 Å². The first-order valence-corrected chi connectivity index (χ1v) is 6.91. The molecule has 22 heavy (non-hydrogen) atoms. The summed E-state index contributed by atoms with van der Waals surface area (Å²) in [6, 6.07) is 6.43. The van der Waals surface area contributed by atoms with E-state index < -0.39 is 17.1 Å². The monoisotopic (exact) mass is 318 g/mol. The Bertz CT molecular complexity index is 723. The summed E-state index contributed by atoms with van der Waals surface area (Å²) in [5, 5.41) is 36.6. The number of carboxylic acid groups (broad SMARTS) is 1. The van der Waals surface area contributed by atoms with Crippen molar-refractivity contribution in [2.45, 2.75) is 11.7 Å². The molecule has 0 aromatic heterocycles. The highest BCUT2D eigenvalue weighted by atomic mass is 32.2. The Morgan fingerprint density at radius 3 is 3.00 bits per heavy atom. The van der Waals surface area contributed by atoms with Crippen LogP contribution in [0.25, 0.3) is 0 Å². The molecule has 1 aromatic rings. The van der Waals surface area contributed by atoms with Crippen molar-refractivity contribution in [3.8, 4) is 11.8 Å². The van der Waals surface area contributed by atoms with Gasteiger partial charge in [-0.3, -0.25) is 9.59 Å². The zero-order valence-corrected chi connectivity index (χ0v) is 11.9. The lowest BCUT2D eigenvalue weighted by Crippen LogP contribution is -2.26. The summed E-state index contributed by atoms with van der Waals surface area (Å²) in [7, 11) is 0. The van der Waals surface area contributed by atoms with Gasteiger partial charge in [0.1, 0.15) is 17.1 Å². The summed E-state index contributed by atoms with van der Waals surface area (Å²) in [5.74, 6) is -1.72. The largest absolute Gasteiger partial charge is 0.506 e. The summed E-state index contributed by atoms with van der Waals surface area (Å²) in [6.45, 7) is 0. The molecule has 1 fully saturated rings. The number of hydrogen-bond acceptors (Lipinski definition) is 7. The van der Waals surface area contributed by atoms with Crippen LogP contribution in [0, 0.1) is 11.3 Å². The van der Waals surface area contributed by atoms with Crippen LogP contribution in [0.5, 0.6) is 5.75 Å². The first-order chi connectivity index (χ1) is 10.5. The molecule has 2 rings (SSSR count). The second kappa shape index (κ2) is 6.73. The second-order valence-corrected chi connectivity index (χ2v) is 5.39. The van der Waals surface area contributed by atoms with Gasteiger partial charge in [0, 0.05) is 5.56 Å². The first kappa shape index (κ1) is 15.5. The summed E-state index contributed by atoms with van der Waals surface area (Å²) in [6.07, 6.45) is 0.935. The van der Waals surface area contributed by atoms with E-state index in [2.05, 4.69) is 15.5 Å². The molecule has 8 nitrogen and oxygen atoms in total. The average Bonchev–Trinajstić information content (AvgIpc) is 2.80.